The van der Waals surface area contributed by atoms with Gasteiger partial charge in [0.2, 0.25) is 11.8 Å². The number of halogens is 2. The first-order valence-electron chi connectivity index (χ1n) is 10.9. The van der Waals surface area contributed by atoms with E-state index in [0.717, 1.165) is 22.3 Å². The summed E-state index contributed by atoms with van der Waals surface area (Å²) in [6, 6.07) is 21.3. The summed E-state index contributed by atoms with van der Waals surface area (Å²) in [6.45, 7) is 0. The van der Waals surface area contributed by atoms with Crippen LogP contribution in [0.4, 0.5) is 14.5 Å². The number of rotatable bonds is 3. The van der Waals surface area contributed by atoms with Crippen molar-refractivity contribution in [3.8, 4) is 0 Å². The number of allylic oxidation sites excluding steroid dienone is 3. The van der Waals surface area contributed by atoms with Gasteiger partial charge in [0.1, 0.15) is 11.6 Å². The van der Waals surface area contributed by atoms with Crippen molar-refractivity contribution in [1.82, 2.24) is 0 Å². The highest BCUT2D eigenvalue weighted by atomic mass is 19.1. The predicted octanol–water partition coefficient (Wildman–Crippen LogP) is 5.39. The molecule has 0 aromatic heterocycles. The summed E-state index contributed by atoms with van der Waals surface area (Å²) < 4.78 is 27.3. The summed E-state index contributed by atoms with van der Waals surface area (Å²) in [7, 11) is 0. The highest BCUT2D eigenvalue weighted by molar-refractivity contribution is 6.23. The summed E-state index contributed by atoms with van der Waals surface area (Å²) in [5.74, 6) is -2.51. The first-order valence-corrected chi connectivity index (χ1v) is 10.9. The Morgan fingerprint density at radius 1 is 0.636 bits per heavy atom. The molecule has 3 aromatic rings. The minimum Gasteiger partial charge on any atom is -0.274 e. The third kappa shape index (κ3) is 2.92. The average Bonchev–Trinajstić information content (AvgIpc) is 3.46. The topological polar surface area (TPSA) is 37.4 Å². The van der Waals surface area contributed by atoms with Gasteiger partial charge >= 0.3 is 0 Å². The maximum absolute atomic E-state index is 13.7. The Morgan fingerprint density at radius 2 is 1.09 bits per heavy atom. The molecule has 0 radical (unpaired) electrons. The van der Waals surface area contributed by atoms with Crippen LogP contribution in [-0.4, -0.2) is 11.8 Å². The molecule has 33 heavy (non-hydrogen) atoms. The van der Waals surface area contributed by atoms with Crippen molar-refractivity contribution < 1.29 is 18.4 Å². The number of hydrogen-bond donors (Lipinski definition) is 0. The third-order valence-electron chi connectivity index (χ3n) is 6.98. The number of para-hydroxylation sites is 1. The molecule has 5 heteroatoms. The molecule has 3 nitrogen and oxygen atoms in total. The second kappa shape index (κ2) is 7.34. The molecule has 1 aliphatic heterocycles. The van der Waals surface area contributed by atoms with Crippen molar-refractivity contribution in [3.05, 3.63) is 119 Å². The lowest BCUT2D eigenvalue weighted by molar-refractivity contribution is -0.122. The monoisotopic (exact) mass is 439 g/mol. The molecule has 0 spiro atoms. The minimum atomic E-state index is -0.474. The zero-order chi connectivity index (χ0) is 22.7. The fourth-order valence-electron chi connectivity index (χ4n) is 5.66. The van der Waals surface area contributed by atoms with E-state index >= 15 is 0 Å². The number of fused-ring (bicyclic) bond motifs is 5. The van der Waals surface area contributed by atoms with Crippen molar-refractivity contribution in [1.29, 1.82) is 0 Å². The van der Waals surface area contributed by atoms with Crippen LogP contribution in [0.2, 0.25) is 0 Å². The van der Waals surface area contributed by atoms with E-state index in [4.69, 9.17) is 0 Å². The predicted molar refractivity (Wildman–Crippen MR) is 121 cm³/mol. The van der Waals surface area contributed by atoms with Crippen molar-refractivity contribution in [2.45, 2.75) is 0 Å². The van der Waals surface area contributed by atoms with Gasteiger partial charge in [0, 0.05) is 11.8 Å². The second-order valence-electron chi connectivity index (χ2n) is 8.68. The van der Waals surface area contributed by atoms with E-state index in [2.05, 4.69) is 0 Å². The molecule has 1 heterocycles. The van der Waals surface area contributed by atoms with Crippen LogP contribution >= 0.6 is 0 Å². The maximum Gasteiger partial charge on any atom is 0.238 e. The lowest BCUT2D eigenvalue weighted by atomic mass is 9.85. The molecular formula is C28H19F2NO2. The lowest BCUT2D eigenvalue weighted by Gasteiger charge is -2.21. The Balaban J connectivity index is 1.50. The smallest absolute Gasteiger partial charge is 0.238 e. The Kier molecular flexibility index (Phi) is 4.40. The molecule has 1 saturated carbocycles. The molecule has 2 bridgehead atoms. The molecule has 2 amide bonds. The van der Waals surface area contributed by atoms with Gasteiger partial charge in [-0.3, -0.25) is 9.59 Å². The van der Waals surface area contributed by atoms with Crippen LogP contribution in [0, 0.1) is 35.3 Å². The van der Waals surface area contributed by atoms with Crippen LogP contribution in [0.15, 0.2) is 96.6 Å². The van der Waals surface area contributed by atoms with Crippen LogP contribution in [-0.2, 0) is 9.59 Å². The molecule has 4 atom stereocenters. The Labute approximate surface area is 189 Å². The molecule has 0 unspecified atom stereocenters. The highest BCUT2D eigenvalue weighted by Crippen LogP contribution is 2.58. The van der Waals surface area contributed by atoms with Crippen molar-refractivity contribution in [2.75, 3.05) is 4.90 Å². The zero-order valence-electron chi connectivity index (χ0n) is 17.5. The summed E-state index contributed by atoms with van der Waals surface area (Å²) in [4.78, 5) is 28.2. The number of carbonyl (C=O) groups excluding carboxylic acids is 2. The van der Waals surface area contributed by atoms with Gasteiger partial charge in [-0.2, -0.15) is 0 Å². The third-order valence-corrected chi connectivity index (χ3v) is 6.98. The normalized spacial score (nSPS) is 25.2. The number of benzene rings is 3. The van der Waals surface area contributed by atoms with Gasteiger partial charge in [0.25, 0.3) is 0 Å². The van der Waals surface area contributed by atoms with E-state index in [-0.39, 0.29) is 35.3 Å². The molecule has 3 aliphatic rings. The van der Waals surface area contributed by atoms with Crippen LogP contribution in [0.5, 0.6) is 0 Å². The van der Waals surface area contributed by atoms with Crippen LogP contribution in [0.25, 0.3) is 5.57 Å². The molecular weight excluding hydrogens is 420 g/mol. The SMILES string of the molecule is O=C1[C@@H]2[C@H](C(=O)N1c1ccccc1)[C@@H]1C=C[C@@H]2C1=C(c1ccc(F)cc1)c1ccc(F)cc1. The van der Waals surface area contributed by atoms with E-state index in [1.165, 1.54) is 29.2 Å². The molecule has 2 aliphatic carbocycles. The quantitative estimate of drug-likeness (QED) is 0.406. The maximum atomic E-state index is 13.7. The van der Waals surface area contributed by atoms with Gasteiger partial charge in [-0.15, -0.1) is 0 Å². The van der Waals surface area contributed by atoms with Gasteiger partial charge in [-0.1, -0.05) is 54.6 Å². The Morgan fingerprint density at radius 3 is 1.55 bits per heavy atom. The van der Waals surface area contributed by atoms with Crippen molar-refractivity contribution in [2.24, 2.45) is 23.7 Å². The number of hydrogen-bond acceptors (Lipinski definition) is 2. The fourth-order valence-corrected chi connectivity index (χ4v) is 5.66. The molecule has 2 fully saturated rings. The summed E-state index contributed by atoms with van der Waals surface area (Å²) in [5.41, 5.74) is 3.94. The second-order valence-corrected chi connectivity index (χ2v) is 8.68. The summed E-state index contributed by atoms with van der Waals surface area (Å²) >= 11 is 0. The van der Waals surface area contributed by atoms with Gasteiger partial charge in [0.05, 0.1) is 17.5 Å². The first-order chi connectivity index (χ1) is 16.0. The van der Waals surface area contributed by atoms with Gasteiger partial charge in [-0.25, -0.2) is 13.7 Å². The number of imide groups is 1. The zero-order valence-corrected chi connectivity index (χ0v) is 17.5. The fraction of sp³-hybridized carbons (Fsp3) is 0.143. The minimum absolute atomic E-state index is 0.192. The van der Waals surface area contributed by atoms with Gasteiger partial charge < -0.3 is 0 Å². The van der Waals surface area contributed by atoms with Crippen LogP contribution in [0.1, 0.15) is 11.1 Å². The van der Waals surface area contributed by atoms with E-state index in [1.807, 2.05) is 30.4 Å². The first kappa shape index (κ1) is 19.8. The molecule has 3 aromatic carbocycles. The number of carbonyl (C=O) groups is 2. The highest BCUT2D eigenvalue weighted by Gasteiger charge is 2.62. The van der Waals surface area contributed by atoms with Crippen LogP contribution < -0.4 is 4.90 Å². The van der Waals surface area contributed by atoms with Gasteiger partial charge in [-0.05, 0) is 58.7 Å². The average molecular weight is 439 g/mol. The van der Waals surface area contributed by atoms with Crippen molar-refractivity contribution in [3.63, 3.8) is 0 Å². The van der Waals surface area contributed by atoms with E-state index < -0.39 is 11.8 Å². The molecule has 0 N–H and O–H groups in total. The summed E-state index contributed by atoms with van der Waals surface area (Å²) in [6.07, 6.45) is 4.02. The summed E-state index contributed by atoms with van der Waals surface area (Å²) in [5, 5.41) is 0. The largest absolute Gasteiger partial charge is 0.274 e. The van der Waals surface area contributed by atoms with Gasteiger partial charge in [0.15, 0.2) is 0 Å². The molecule has 162 valence electrons. The number of amides is 2. The molecule has 1 saturated heterocycles. The van der Waals surface area contributed by atoms with E-state index in [1.54, 1.807) is 36.4 Å². The number of nitrogens with zero attached hydrogens (tertiary/aromatic N) is 1. The Bertz CT molecular complexity index is 1250. The number of anilines is 1. The van der Waals surface area contributed by atoms with E-state index in [0.29, 0.717) is 5.69 Å². The Hall–Kier alpha value is -3.86. The molecule has 6 rings (SSSR count). The lowest BCUT2D eigenvalue weighted by Crippen LogP contribution is -2.33. The van der Waals surface area contributed by atoms with Crippen LogP contribution in [0.3, 0.4) is 0 Å². The standard InChI is InChI=1S/C28H19F2NO2/c29-18-10-6-16(7-11-18)23(17-8-12-19(30)13-9-17)24-21-14-15-22(24)26-25(21)27(32)31(28(26)33)20-4-2-1-3-5-20/h1-15,21-22,25-26H/t21-,22-,25-,26+/m1/s1. The van der Waals surface area contributed by atoms with E-state index in [9.17, 15) is 18.4 Å². The van der Waals surface area contributed by atoms with Crippen molar-refractivity contribution >= 4 is 23.1 Å².